The van der Waals surface area contributed by atoms with Gasteiger partial charge < -0.3 is 9.64 Å². The smallest absolute Gasteiger partial charge is 0.411 e. The van der Waals surface area contributed by atoms with Crippen molar-refractivity contribution in [3.8, 4) is 0 Å². The second kappa shape index (κ2) is 5.70. The van der Waals surface area contributed by atoms with Gasteiger partial charge in [0.15, 0.2) is 0 Å². The van der Waals surface area contributed by atoms with Crippen molar-refractivity contribution in [1.82, 2.24) is 10.2 Å². The second-order valence-electron chi connectivity index (χ2n) is 4.48. The standard InChI is InChI=1S/C12H20N2O3/c1-8(2)10(13-12(16)17-4)11(15)14-7-5-6-9(14)3/h9H,5-7H2,1-4H3,(H,13,16)/t9-/m1/s1. The number of allylic oxidation sites excluding steroid dienone is 1. The van der Waals surface area contributed by atoms with Crippen molar-refractivity contribution >= 4 is 12.0 Å². The van der Waals surface area contributed by atoms with Gasteiger partial charge in [0.05, 0.1) is 7.11 Å². The maximum absolute atomic E-state index is 12.2. The van der Waals surface area contributed by atoms with Crippen LogP contribution in [0.3, 0.4) is 0 Å². The van der Waals surface area contributed by atoms with Crippen molar-refractivity contribution in [3.05, 3.63) is 11.3 Å². The van der Waals surface area contributed by atoms with E-state index in [9.17, 15) is 9.59 Å². The molecule has 0 aromatic heterocycles. The molecule has 0 aliphatic carbocycles. The third-order valence-electron chi connectivity index (χ3n) is 2.94. The van der Waals surface area contributed by atoms with Gasteiger partial charge in [-0.1, -0.05) is 0 Å². The minimum absolute atomic E-state index is 0.125. The highest BCUT2D eigenvalue weighted by Crippen LogP contribution is 2.19. The Hall–Kier alpha value is -1.52. The number of likely N-dealkylation sites (tertiary alicyclic amines) is 1. The van der Waals surface area contributed by atoms with Crippen LogP contribution in [-0.2, 0) is 9.53 Å². The van der Waals surface area contributed by atoms with Crippen molar-refractivity contribution in [2.45, 2.75) is 39.7 Å². The normalized spacial score (nSPS) is 18.8. The summed E-state index contributed by atoms with van der Waals surface area (Å²) in [5.74, 6) is -0.125. The van der Waals surface area contributed by atoms with E-state index in [0.717, 1.165) is 25.0 Å². The van der Waals surface area contributed by atoms with Crippen LogP contribution in [0.5, 0.6) is 0 Å². The maximum Gasteiger partial charge on any atom is 0.411 e. The van der Waals surface area contributed by atoms with Gasteiger partial charge in [0, 0.05) is 12.6 Å². The van der Waals surface area contributed by atoms with Crippen molar-refractivity contribution in [3.63, 3.8) is 0 Å². The first kappa shape index (κ1) is 13.5. The van der Waals surface area contributed by atoms with Crippen molar-refractivity contribution in [1.29, 1.82) is 0 Å². The molecule has 1 heterocycles. The van der Waals surface area contributed by atoms with E-state index in [0.29, 0.717) is 5.70 Å². The predicted molar refractivity (Wildman–Crippen MR) is 64.3 cm³/mol. The minimum atomic E-state index is -0.610. The fraction of sp³-hybridized carbons (Fsp3) is 0.667. The summed E-state index contributed by atoms with van der Waals surface area (Å²) in [6.45, 7) is 6.36. The van der Waals surface area contributed by atoms with E-state index in [1.807, 2.05) is 6.92 Å². The van der Waals surface area contributed by atoms with Gasteiger partial charge in [0.2, 0.25) is 0 Å². The van der Waals surface area contributed by atoms with Gasteiger partial charge in [-0.2, -0.15) is 0 Å². The number of alkyl carbamates (subject to hydrolysis) is 1. The van der Waals surface area contributed by atoms with Gasteiger partial charge in [-0.15, -0.1) is 0 Å². The van der Waals surface area contributed by atoms with Crippen LogP contribution in [-0.4, -0.2) is 36.6 Å². The molecule has 5 heteroatoms. The lowest BCUT2D eigenvalue weighted by Gasteiger charge is -2.23. The quantitative estimate of drug-likeness (QED) is 0.747. The lowest BCUT2D eigenvalue weighted by atomic mass is 10.2. The highest BCUT2D eigenvalue weighted by atomic mass is 16.5. The molecule has 96 valence electrons. The SMILES string of the molecule is COC(=O)NC(C(=O)N1CCC[C@H]1C)=C(C)C. The number of hydrogen-bond donors (Lipinski definition) is 1. The molecule has 0 unspecified atom stereocenters. The molecule has 0 saturated carbocycles. The summed E-state index contributed by atoms with van der Waals surface area (Å²) >= 11 is 0. The molecule has 0 aromatic carbocycles. The first-order valence-electron chi connectivity index (χ1n) is 5.80. The molecule has 2 amide bonds. The maximum atomic E-state index is 12.2. The van der Waals surface area contributed by atoms with E-state index >= 15 is 0 Å². The molecular weight excluding hydrogens is 220 g/mol. The van der Waals surface area contributed by atoms with E-state index in [1.54, 1.807) is 18.7 Å². The summed E-state index contributed by atoms with van der Waals surface area (Å²) in [6.07, 6.45) is 1.42. The molecule has 1 aliphatic rings. The highest BCUT2D eigenvalue weighted by Gasteiger charge is 2.28. The van der Waals surface area contributed by atoms with Crippen molar-refractivity contribution < 1.29 is 14.3 Å². The number of nitrogens with zero attached hydrogens (tertiary/aromatic N) is 1. The molecule has 5 nitrogen and oxygen atoms in total. The molecule has 1 rings (SSSR count). The summed E-state index contributed by atoms with van der Waals surface area (Å²) in [4.78, 5) is 25.2. The Morgan fingerprint density at radius 2 is 2.00 bits per heavy atom. The lowest BCUT2D eigenvalue weighted by Crippen LogP contribution is -2.40. The molecule has 1 aliphatic heterocycles. The average molecular weight is 240 g/mol. The number of hydrogen-bond acceptors (Lipinski definition) is 3. The van der Waals surface area contributed by atoms with E-state index in [1.165, 1.54) is 7.11 Å². The molecule has 0 spiro atoms. The predicted octanol–water partition coefficient (Wildman–Crippen LogP) is 1.65. The molecule has 0 aromatic rings. The van der Waals surface area contributed by atoms with E-state index < -0.39 is 6.09 Å². The zero-order chi connectivity index (χ0) is 13.0. The average Bonchev–Trinajstić information content (AvgIpc) is 2.70. The fourth-order valence-electron chi connectivity index (χ4n) is 1.92. The second-order valence-corrected chi connectivity index (χ2v) is 4.48. The Morgan fingerprint density at radius 3 is 2.41 bits per heavy atom. The largest absolute Gasteiger partial charge is 0.453 e. The molecule has 0 bridgehead atoms. The molecule has 1 fully saturated rings. The first-order chi connectivity index (χ1) is 7.97. The van der Waals surface area contributed by atoms with Crippen LogP contribution < -0.4 is 5.32 Å². The summed E-state index contributed by atoms with van der Waals surface area (Å²) < 4.78 is 4.52. The molecule has 1 saturated heterocycles. The van der Waals surface area contributed by atoms with Crippen LogP contribution in [0.25, 0.3) is 0 Å². The van der Waals surface area contributed by atoms with Gasteiger partial charge in [-0.3, -0.25) is 10.1 Å². The molecule has 1 atom stereocenters. The van der Waals surface area contributed by atoms with Gasteiger partial charge in [0.1, 0.15) is 5.70 Å². The number of ether oxygens (including phenoxy) is 1. The van der Waals surface area contributed by atoms with Crippen LogP contribution in [0.1, 0.15) is 33.6 Å². The van der Waals surface area contributed by atoms with Crippen molar-refractivity contribution in [2.75, 3.05) is 13.7 Å². The molecule has 0 radical (unpaired) electrons. The molecule has 17 heavy (non-hydrogen) atoms. The van der Waals surface area contributed by atoms with Crippen LogP contribution in [0.15, 0.2) is 11.3 Å². The Balaban J connectivity index is 2.82. The van der Waals surface area contributed by atoms with Crippen molar-refractivity contribution in [2.24, 2.45) is 0 Å². The number of carbonyl (C=O) groups excluding carboxylic acids is 2. The molecule has 1 N–H and O–H groups in total. The first-order valence-corrected chi connectivity index (χ1v) is 5.80. The van der Waals surface area contributed by atoms with Gasteiger partial charge in [-0.05, 0) is 39.2 Å². The van der Waals surface area contributed by atoms with Crippen LogP contribution >= 0.6 is 0 Å². The van der Waals surface area contributed by atoms with E-state index in [-0.39, 0.29) is 11.9 Å². The zero-order valence-electron chi connectivity index (χ0n) is 10.9. The number of methoxy groups -OCH3 is 1. The minimum Gasteiger partial charge on any atom is -0.453 e. The summed E-state index contributed by atoms with van der Waals surface area (Å²) in [6, 6.07) is 0.233. The highest BCUT2D eigenvalue weighted by molar-refractivity contribution is 5.97. The zero-order valence-corrected chi connectivity index (χ0v) is 10.9. The Bertz CT molecular complexity index is 346. The third-order valence-corrected chi connectivity index (χ3v) is 2.94. The Labute approximate surface area is 102 Å². The van der Waals surface area contributed by atoms with Gasteiger partial charge in [-0.25, -0.2) is 4.79 Å². The number of carbonyl (C=O) groups is 2. The monoisotopic (exact) mass is 240 g/mol. The number of amides is 2. The number of nitrogens with one attached hydrogen (secondary N) is 1. The lowest BCUT2D eigenvalue weighted by molar-refractivity contribution is -0.128. The van der Waals surface area contributed by atoms with E-state index in [4.69, 9.17) is 0 Å². The van der Waals surface area contributed by atoms with Crippen LogP contribution in [0.4, 0.5) is 4.79 Å². The summed E-state index contributed by atoms with van der Waals surface area (Å²) in [5.41, 5.74) is 1.10. The van der Waals surface area contributed by atoms with Gasteiger partial charge in [0.25, 0.3) is 5.91 Å². The Morgan fingerprint density at radius 1 is 1.35 bits per heavy atom. The topological polar surface area (TPSA) is 58.6 Å². The van der Waals surface area contributed by atoms with E-state index in [2.05, 4.69) is 10.1 Å². The fourth-order valence-corrected chi connectivity index (χ4v) is 1.92. The Kier molecular flexibility index (Phi) is 4.54. The summed E-state index contributed by atoms with van der Waals surface area (Å²) in [5, 5.41) is 2.49. The number of rotatable bonds is 2. The third kappa shape index (κ3) is 3.22. The molecular formula is C12H20N2O3. The van der Waals surface area contributed by atoms with Crippen LogP contribution in [0, 0.1) is 0 Å². The van der Waals surface area contributed by atoms with Crippen LogP contribution in [0.2, 0.25) is 0 Å². The summed E-state index contributed by atoms with van der Waals surface area (Å²) in [7, 11) is 1.28. The van der Waals surface area contributed by atoms with Gasteiger partial charge >= 0.3 is 6.09 Å².